The number of aliphatic hydroxyl groups excluding tert-OH is 6. The third-order valence-electron chi connectivity index (χ3n) is 7.83. The molecule has 0 radical (unpaired) electrons. The Bertz CT molecular complexity index is 1610. The van der Waals surface area contributed by atoms with Gasteiger partial charge in [-0.1, -0.05) is 0 Å². The lowest BCUT2D eigenvalue weighted by atomic mass is 9.99. The summed E-state index contributed by atoms with van der Waals surface area (Å²) < 4.78 is 56.0. The van der Waals surface area contributed by atoms with Crippen LogP contribution in [0.25, 0.3) is 21.9 Å². The van der Waals surface area contributed by atoms with Gasteiger partial charge in [0, 0.05) is 6.07 Å². The fraction of sp³-hybridized carbons (Fsp3) is 0.552. The van der Waals surface area contributed by atoms with Crippen LogP contribution in [0.5, 0.6) is 34.5 Å². The zero-order valence-electron chi connectivity index (χ0n) is 25.4. The van der Waals surface area contributed by atoms with Crippen LogP contribution in [-0.4, -0.2) is 135 Å². The second-order valence-electron chi connectivity index (χ2n) is 10.5. The molecule has 3 aromatic rings. The number of aliphatic hydroxyl groups is 6. The van der Waals surface area contributed by atoms with Crippen LogP contribution in [-0.2, 0) is 14.2 Å². The first-order valence-electron chi connectivity index (χ1n) is 14.0. The lowest BCUT2D eigenvalue weighted by Crippen LogP contribution is -2.61. The van der Waals surface area contributed by atoms with Crippen molar-refractivity contribution in [1.29, 1.82) is 0 Å². The van der Waals surface area contributed by atoms with Gasteiger partial charge >= 0.3 is 0 Å². The van der Waals surface area contributed by atoms with Crippen molar-refractivity contribution in [3.8, 4) is 34.5 Å². The van der Waals surface area contributed by atoms with Crippen LogP contribution in [0.2, 0.25) is 0 Å². The van der Waals surface area contributed by atoms with Crippen molar-refractivity contribution in [1.82, 2.24) is 0 Å². The van der Waals surface area contributed by atoms with E-state index in [1.807, 2.05) is 0 Å². The molecule has 0 bridgehead atoms. The van der Waals surface area contributed by atoms with E-state index in [4.69, 9.17) is 47.0 Å². The molecule has 17 nitrogen and oxygen atoms in total. The maximum atomic E-state index is 14.2. The Hall–Kier alpha value is -3.65. The molecule has 0 spiro atoms. The van der Waals surface area contributed by atoms with Gasteiger partial charge in [-0.05, 0) is 6.07 Å². The van der Waals surface area contributed by atoms with Crippen LogP contribution in [0, 0.1) is 0 Å². The van der Waals surface area contributed by atoms with Gasteiger partial charge in [0.2, 0.25) is 29.0 Å². The molecule has 2 saturated heterocycles. The first-order chi connectivity index (χ1) is 22.0. The highest BCUT2D eigenvalue weighted by Gasteiger charge is 2.47. The molecule has 6 N–H and O–H groups in total. The second kappa shape index (κ2) is 13.6. The van der Waals surface area contributed by atoms with Crippen LogP contribution in [0.3, 0.4) is 0 Å². The Morgan fingerprint density at radius 3 is 2.00 bits per heavy atom. The SMILES string of the molecule is COc1cc(OC)c2oc3c(OC)c(OC)c(OC)c(O[C@@H]4O[C@H](CO[C@@H]5OC[C@@H](O)[C@H](O)[C@H]5O)[C@@H](O)[C@H](O)[C@H]4O)c3c(=O)c2c1. The number of benzene rings is 2. The van der Waals surface area contributed by atoms with Gasteiger partial charge < -0.3 is 77.7 Å². The van der Waals surface area contributed by atoms with Crippen molar-refractivity contribution in [3.05, 3.63) is 22.4 Å². The van der Waals surface area contributed by atoms with E-state index in [2.05, 4.69) is 0 Å². The van der Waals surface area contributed by atoms with Crippen LogP contribution >= 0.6 is 0 Å². The fourth-order valence-electron chi connectivity index (χ4n) is 5.35. The minimum atomic E-state index is -1.87. The van der Waals surface area contributed by atoms with Crippen molar-refractivity contribution >= 4 is 21.9 Å². The molecular formula is C29H36O17. The monoisotopic (exact) mass is 656 g/mol. The van der Waals surface area contributed by atoms with Crippen molar-refractivity contribution in [2.24, 2.45) is 0 Å². The topological polar surface area (TPSA) is 235 Å². The Labute approximate surface area is 260 Å². The van der Waals surface area contributed by atoms with E-state index in [0.29, 0.717) is 0 Å². The Morgan fingerprint density at radius 2 is 1.37 bits per heavy atom. The third-order valence-corrected chi connectivity index (χ3v) is 7.83. The zero-order valence-corrected chi connectivity index (χ0v) is 25.4. The summed E-state index contributed by atoms with van der Waals surface area (Å²) in [6.45, 7) is -0.878. The minimum Gasteiger partial charge on any atom is -0.497 e. The Morgan fingerprint density at radius 1 is 0.717 bits per heavy atom. The molecular weight excluding hydrogens is 620 g/mol. The van der Waals surface area contributed by atoms with E-state index >= 15 is 0 Å². The van der Waals surface area contributed by atoms with Gasteiger partial charge in [0.1, 0.15) is 53.9 Å². The molecule has 3 heterocycles. The predicted octanol–water partition coefficient (Wildman–Crippen LogP) is -1.37. The summed E-state index contributed by atoms with van der Waals surface area (Å²) in [7, 11) is 6.67. The number of rotatable bonds is 10. The number of ether oxygens (including phenoxy) is 9. The van der Waals surface area contributed by atoms with E-state index in [1.165, 1.54) is 47.7 Å². The predicted molar refractivity (Wildman–Crippen MR) is 154 cm³/mol. The maximum absolute atomic E-state index is 14.2. The molecule has 0 amide bonds. The van der Waals surface area contributed by atoms with E-state index in [1.54, 1.807) is 0 Å². The standard InChI is InChI=1S/C29H36O17/c1-37-10-6-11-16(31)15-23(45-22(11)13(7-10)38-2)25(39-3)27(41-5)26(40-4)24(15)46-29-21(36)19(34)18(33)14(44-29)9-43-28-20(35)17(32)12(30)8-42-28/h6-7,12,14,17-21,28-30,32-36H,8-9H2,1-5H3/t12-,14-,17+,18-,19+,20-,21-,28+,29+/m1/s1. The van der Waals surface area contributed by atoms with Gasteiger partial charge in [-0.25, -0.2) is 0 Å². The van der Waals surface area contributed by atoms with Gasteiger partial charge in [0.25, 0.3) is 0 Å². The second-order valence-corrected chi connectivity index (χ2v) is 10.5. The summed E-state index contributed by atoms with van der Waals surface area (Å²) in [5, 5.41) is 61.9. The molecule has 46 heavy (non-hydrogen) atoms. The van der Waals surface area contributed by atoms with Gasteiger partial charge in [-0.3, -0.25) is 4.79 Å². The maximum Gasteiger partial charge on any atom is 0.229 e. The van der Waals surface area contributed by atoms with Gasteiger partial charge in [0.15, 0.2) is 29.0 Å². The van der Waals surface area contributed by atoms with E-state index in [9.17, 15) is 35.4 Å². The van der Waals surface area contributed by atoms with E-state index in [-0.39, 0.29) is 63.0 Å². The molecule has 0 saturated carbocycles. The Kier molecular flexibility index (Phi) is 9.97. The van der Waals surface area contributed by atoms with Crippen LogP contribution in [0.4, 0.5) is 0 Å². The quantitative estimate of drug-likeness (QED) is 0.138. The normalized spacial score (nSPS) is 29.8. The molecule has 2 aliphatic rings. The van der Waals surface area contributed by atoms with Gasteiger partial charge in [-0.15, -0.1) is 0 Å². The van der Waals surface area contributed by atoms with Crippen molar-refractivity contribution in [2.75, 3.05) is 48.8 Å². The summed E-state index contributed by atoms with van der Waals surface area (Å²) in [6, 6.07) is 2.94. The highest BCUT2D eigenvalue weighted by Crippen LogP contribution is 2.51. The van der Waals surface area contributed by atoms with E-state index < -0.39 is 67.3 Å². The molecule has 0 aliphatic carbocycles. The number of hydrogen-bond acceptors (Lipinski definition) is 17. The average molecular weight is 657 g/mol. The smallest absolute Gasteiger partial charge is 0.229 e. The van der Waals surface area contributed by atoms with Crippen LogP contribution in [0.15, 0.2) is 21.3 Å². The zero-order chi connectivity index (χ0) is 33.4. The highest BCUT2D eigenvalue weighted by atomic mass is 16.7. The van der Waals surface area contributed by atoms with Crippen LogP contribution in [0.1, 0.15) is 0 Å². The van der Waals surface area contributed by atoms with Crippen LogP contribution < -0.4 is 33.8 Å². The first kappa shape index (κ1) is 33.7. The summed E-state index contributed by atoms with van der Waals surface area (Å²) >= 11 is 0. The molecule has 2 aliphatic heterocycles. The molecule has 254 valence electrons. The lowest BCUT2D eigenvalue weighted by Gasteiger charge is -2.41. The molecule has 2 fully saturated rings. The number of hydrogen-bond donors (Lipinski definition) is 6. The highest BCUT2D eigenvalue weighted by molar-refractivity contribution is 6.01. The summed E-state index contributed by atoms with van der Waals surface area (Å²) in [5.41, 5.74) is -0.754. The largest absolute Gasteiger partial charge is 0.497 e. The fourth-order valence-corrected chi connectivity index (χ4v) is 5.35. The van der Waals surface area contributed by atoms with Gasteiger partial charge in [0.05, 0.1) is 54.1 Å². The van der Waals surface area contributed by atoms with Crippen molar-refractivity contribution < 1.29 is 77.7 Å². The molecule has 0 unspecified atom stereocenters. The number of fused-ring (bicyclic) bond motifs is 2. The minimum absolute atomic E-state index is 0.0213. The van der Waals surface area contributed by atoms with E-state index in [0.717, 1.165) is 0 Å². The molecule has 1 aromatic heterocycles. The number of methoxy groups -OCH3 is 5. The third kappa shape index (κ3) is 5.74. The lowest BCUT2D eigenvalue weighted by molar-refractivity contribution is -0.307. The summed E-state index contributed by atoms with van der Waals surface area (Å²) in [6.07, 6.45) is -14.6. The first-order valence-corrected chi connectivity index (χ1v) is 14.0. The average Bonchev–Trinajstić information content (AvgIpc) is 3.06. The molecule has 9 atom stereocenters. The van der Waals surface area contributed by atoms with Crippen molar-refractivity contribution in [3.63, 3.8) is 0 Å². The Balaban J connectivity index is 1.59. The summed E-state index contributed by atoms with van der Waals surface area (Å²) in [4.78, 5) is 14.2. The summed E-state index contributed by atoms with van der Waals surface area (Å²) in [5.74, 6) is -0.133. The van der Waals surface area contributed by atoms with Gasteiger partial charge in [-0.2, -0.15) is 0 Å². The molecule has 5 rings (SSSR count). The molecule has 17 heteroatoms. The van der Waals surface area contributed by atoms with Crippen molar-refractivity contribution in [2.45, 2.75) is 55.3 Å². The molecule has 2 aromatic carbocycles.